The predicted octanol–water partition coefficient (Wildman–Crippen LogP) is 2.99. The molecule has 0 saturated carbocycles. The smallest absolute Gasteiger partial charge is 0.252 e. The monoisotopic (exact) mass is 332 g/mol. The number of fused-ring (bicyclic) bond motifs is 3. The zero-order valence-corrected chi connectivity index (χ0v) is 13.8. The van der Waals surface area contributed by atoms with E-state index in [2.05, 4.69) is 16.7 Å². The first kappa shape index (κ1) is 14.0. The molecule has 3 aromatic rings. The molecule has 4 rings (SSSR count). The van der Waals surface area contributed by atoms with E-state index in [1.165, 1.54) is 27.8 Å². The van der Waals surface area contributed by atoms with Crippen molar-refractivity contribution in [2.45, 2.75) is 17.2 Å². The summed E-state index contributed by atoms with van der Waals surface area (Å²) >= 11 is 1.28. The van der Waals surface area contributed by atoms with Crippen LogP contribution in [0.25, 0.3) is 10.9 Å². The highest BCUT2D eigenvalue weighted by molar-refractivity contribution is 7.91. The Morgan fingerprint density at radius 1 is 1.14 bits per heavy atom. The van der Waals surface area contributed by atoms with E-state index < -0.39 is 10.0 Å². The van der Waals surface area contributed by atoms with Gasteiger partial charge in [0.25, 0.3) is 10.0 Å². The van der Waals surface area contributed by atoms with E-state index in [9.17, 15) is 8.42 Å². The first-order valence-corrected chi connectivity index (χ1v) is 9.50. The van der Waals surface area contributed by atoms with Gasteiger partial charge in [0.1, 0.15) is 4.21 Å². The molecule has 0 amide bonds. The summed E-state index contributed by atoms with van der Waals surface area (Å²) in [5.41, 5.74) is 3.56. The summed E-state index contributed by atoms with van der Waals surface area (Å²) in [5.74, 6) is 0. The second kappa shape index (κ2) is 4.94. The number of hydrogen-bond donors (Lipinski definition) is 0. The molecule has 0 aliphatic carbocycles. The number of nitrogens with zero attached hydrogens (tertiary/aromatic N) is 2. The minimum absolute atomic E-state index is 0.426. The Balaban J connectivity index is 1.79. The minimum Gasteiger partial charge on any atom is -0.346 e. The van der Waals surface area contributed by atoms with Crippen LogP contribution in [-0.4, -0.2) is 23.8 Å². The Morgan fingerprint density at radius 3 is 2.73 bits per heavy atom. The number of benzene rings is 1. The molecule has 1 aliphatic heterocycles. The predicted molar refractivity (Wildman–Crippen MR) is 88.5 cm³/mol. The summed E-state index contributed by atoms with van der Waals surface area (Å²) in [5, 5.41) is 3.05. The Labute approximate surface area is 133 Å². The maximum atomic E-state index is 12.7. The summed E-state index contributed by atoms with van der Waals surface area (Å²) in [4.78, 5) is 0. The summed E-state index contributed by atoms with van der Waals surface area (Å²) in [6.07, 6.45) is 0.765. The van der Waals surface area contributed by atoms with Gasteiger partial charge in [0.2, 0.25) is 0 Å². The van der Waals surface area contributed by atoms with Crippen LogP contribution in [-0.2, 0) is 30.0 Å². The highest BCUT2D eigenvalue weighted by Crippen LogP contribution is 2.32. The number of sulfonamides is 1. The quantitative estimate of drug-likeness (QED) is 0.724. The molecule has 0 atom stereocenters. The maximum Gasteiger partial charge on any atom is 0.252 e. The number of para-hydroxylation sites is 1. The molecule has 2 aromatic heterocycles. The summed E-state index contributed by atoms with van der Waals surface area (Å²) in [6, 6.07) is 11.7. The molecule has 114 valence electrons. The van der Waals surface area contributed by atoms with Gasteiger partial charge in [-0.1, -0.05) is 24.3 Å². The zero-order valence-electron chi connectivity index (χ0n) is 12.2. The maximum absolute atomic E-state index is 12.7. The van der Waals surface area contributed by atoms with Crippen LogP contribution in [0.4, 0.5) is 0 Å². The molecule has 0 radical (unpaired) electrons. The van der Waals surface area contributed by atoms with Crippen molar-refractivity contribution in [1.29, 1.82) is 0 Å². The normalized spacial score (nSPS) is 16.0. The molecular formula is C16H16N2O2S2. The average molecular weight is 332 g/mol. The van der Waals surface area contributed by atoms with Gasteiger partial charge >= 0.3 is 0 Å². The van der Waals surface area contributed by atoms with E-state index in [-0.39, 0.29) is 0 Å². The first-order valence-electron chi connectivity index (χ1n) is 7.18. The van der Waals surface area contributed by atoms with Crippen molar-refractivity contribution < 1.29 is 8.42 Å². The summed E-state index contributed by atoms with van der Waals surface area (Å²) in [7, 11) is -1.36. The molecule has 1 aliphatic rings. The van der Waals surface area contributed by atoms with Crippen molar-refractivity contribution in [3.8, 4) is 0 Å². The van der Waals surface area contributed by atoms with Gasteiger partial charge in [-0.25, -0.2) is 8.42 Å². The largest absolute Gasteiger partial charge is 0.346 e. The Bertz CT molecular complexity index is 940. The minimum atomic E-state index is -3.38. The molecule has 6 heteroatoms. The molecule has 0 N–H and O–H groups in total. The highest BCUT2D eigenvalue weighted by atomic mass is 32.2. The lowest BCUT2D eigenvalue weighted by Crippen LogP contribution is -2.36. The second-order valence-corrected chi connectivity index (χ2v) is 8.63. The number of aromatic nitrogens is 1. The molecular weight excluding hydrogens is 316 g/mol. The lowest BCUT2D eigenvalue weighted by molar-refractivity contribution is 0.384. The van der Waals surface area contributed by atoms with Gasteiger partial charge < -0.3 is 4.57 Å². The van der Waals surface area contributed by atoms with Gasteiger partial charge in [0.15, 0.2) is 0 Å². The van der Waals surface area contributed by atoms with Crippen molar-refractivity contribution >= 4 is 32.3 Å². The standard InChI is InChI=1S/C16H16N2O2S2/c1-17-14-6-3-2-5-12(14)13-8-9-18(11-15(13)17)22(19,20)16-7-4-10-21-16/h2-7,10H,8-9,11H2,1H3. The van der Waals surface area contributed by atoms with Gasteiger partial charge in [-0.2, -0.15) is 4.31 Å². The van der Waals surface area contributed by atoms with E-state index in [4.69, 9.17) is 0 Å². The topological polar surface area (TPSA) is 42.3 Å². The van der Waals surface area contributed by atoms with Crippen LogP contribution in [0.15, 0.2) is 46.0 Å². The van der Waals surface area contributed by atoms with Crippen LogP contribution < -0.4 is 0 Å². The molecule has 4 nitrogen and oxygen atoms in total. The lowest BCUT2D eigenvalue weighted by Gasteiger charge is -2.26. The van der Waals surface area contributed by atoms with Crippen molar-refractivity contribution in [3.63, 3.8) is 0 Å². The fraction of sp³-hybridized carbons (Fsp3) is 0.250. The third kappa shape index (κ3) is 1.95. The van der Waals surface area contributed by atoms with Crippen LogP contribution in [0.5, 0.6) is 0 Å². The van der Waals surface area contributed by atoms with Crippen LogP contribution in [0, 0.1) is 0 Å². The van der Waals surface area contributed by atoms with Crippen molar-refractivity contribution in [2.75, 3.05) is 6.54 Å². The van der Waals surface area contributed by atoms with E-state index in [0.29, 0.717) is 17.3 Å². The summed E-state index contributed by atoms with van der Waals surface area (Å²) < 4.78 is 29.6. The molecule has 0 bridgehead atoms. The van der Waals surface area contributed by atoms with Gasteiger partial charge in [0.05, 0.1) is 6.54 Å². The third-order valence-electron chi connectivity index (χ3n) is 4.37. The highest BCUT2D eigenvalue weighted by Gasteiger charge is 2.31. The number of thiophene rings is 1. The Morgan fingerprint density at radius 2 is 1.95 bits per heavy atom. The van der Waals surface area contributed by atoms with Crippen LogP contribution in [0.3, 0.4) is 0 Å². The van der Waals surface area contributed by atoms with Gasteiger partial charge in [-0.3, -0.25) is 0 Å². The number of aryl methyl sites for hydroxylation is 1. The van der Waals surface area contributed by atoms with E-state index in [0.717, 1.165) is 12.1 Å². The molecule has 0 saturated heterocycles. The zero-order chi connectivity index (χ0) is 15.3. The fourth-order valence-corrected chi connectivity index (χ4v) is 5.78. The molecule has 0 spiro atoms. The molecule has 0 fully saturated rings. The second-order valence-electron chi connectivity index (χ2n) is 5.52. The van der Waals surface area contributed by atoms with Crippen molar-refractivity contribution in [1.82, 2.24) is 8.87 Å². The first-order chi connectivity index (χ1) is 10.6. The lowest BCUT2D eigenvalue weighted by atomic mass is 10.1. The number of rotatable bonds is 2. The van der Waals surface area contributed by atoms with E-state index in [1.54, 1.807) is 21.8 Å². The SMILES string of the molecule is Cn1c2c(c3ccccc31)CCN(S(=O)(=O)c1cccs1)C2. The Hall–Kier alpha value is -1.63. The van der Waals surface area contributed by atoms with Gasteiger partial charge in [0, 0.05) is 30.2 Å². The average Bonchev–Trinajstić information content (AvgIpc) is 3.16. The summed E-state index contributed by atoms with van der Waals surface area (Å²) in [6.45, 7) is 0.988. The van der Waals surface area contributed by atoms with E-state index in [1.807, 2.05) is 19.2 Å². The molecule has 0 unspecified atom stereocenters. The van der Waals surface area contributed by atoms with Crippen LogP contribution in [0.2, 0.25) is 0 Å². The van der Waals surface area contributed by atoms with Gasteiger partial charge in [-0.05, 0) is 29.5 Å². The third-order valence-corrected chi connectivity index (χ3v) is 7.59. The Kier molecular flexibility index (Phi) is 3.14. The fourth-order valence-electron chi connectivity index (χ4n) is 3.23. The van der Waals surface area contributed by atoms with Gasteiger partial charge in [-0.15, -0.1) is 11.3 Å². The number of hydrogen-bond acceptors (Lipinski definition) is 3. The van der Waals surface area contributed by atoms with Crippen molar-refractivity contribution in [2.24, 2.45) is 7.05 Å². The molecule has 3 heterocycles. The van der Waals surface area contributed by atoms with Crippen LogP contribution >= 0.6 is 11.3 Å². The molecule has 1 aromatic carbocycles. The van der Waals surface area contributed by atoms with E-state index >= 15 is 0 Å². The molecule has 22 heavy (non-hydrogen) atoms. The van der Waals surface area contributed by atoms with Crippen molar-refractivity contribution in [3.05, 3.63) is 53.0 Å². The van der Waals surface area contributed by atoms with Crippen LogP contribution in [0.1, 0.15) is 11.3 Å².